The van der Waals surface area contributed by atoms with Crippen molar-refractivity contribution in [3.8, 4) is 5.69 Å². The van der Waals surface area contributed by atoms with E-state index in [1.54, 1.807) is 9.78 Å². The third-order valence-electron chi connectivity index (χ3n) is 3.42. The second-order valence-electron chi connectivity index (χ2n) is 5.33. The molecule has 0 spiro atoms. The Morgan fingerprint density at radius 1 is 1.14 bits per heavy atom. The van der Waals surface area contributed by atoms with Crippen LogP contribution < -0.4 is 5.56 Å². The fraction of sp³-hybridized carbons (Fsp3) is 0.176. The summed E-state index contributed by atoms with van der Waals surface area (Å²) in [5.74, 6) is 0. The van der Waals surface area contributed by atoms with Gasteiger partial charge < -0.3 is 0 Å². The SMILES string of the molecule is CC(C)[N+]([O-])=Cc1ccccc1-n1[se]c2ccccc2c1=O. The molecule has 1 aromatic heterocycles. The minimum absolute atomic E-state index is 0.0124. The van der Waals surface area contributed by atoms with Crippen LogP contribution >= 0.6 is 0 Å². The summed E-state index contributed by atoms with van der Waals surface area (Å²) in [5, 5.41) is 12.7. The predicted octanol–water partition coefficient (Wildman–Crippen LogP) is 2.39. The Kier molecular flexibility index (Phi) is 4.01. The Bertz CT molecular complexity index is 906. The average Bonchev–Trinajstić information content (AvgIpc) is 2.85. The molecule has 0 aliphatic rings. The quantitative estimate of drug-likeness (QED) is 0.237. The molecule has 0 saturated heterocycles. The second-order valence-corrected chi connectivity index (χ2v) is 7.40. The molecule has 112 valence electrons. The van der Waals surface area contributed by atoms with Gasteiger partial charge in [0.1, 0.15) is 0 Å². The molecule has 0 aliphatic carbocycles. The van der Waals surface area contributed by atoms with Gasteiger partial charge in [-0.05, 0) is 0 Å². The molecule has 3 rings (SSSR count). The number of para-hydroxylation sites is 1. The van der Waals surface area contributed by atoms with E-state index in [1.165, 1.54) is 0 Å². The fourth-order valence-corrected chi connectivity index (χ4v) is 4.37. The van der Waals surface area contributed by atoms with Gasteiger partial charge in [0, 0.05) is 0 Å². The van der Waals surface area contributed by atoms with Crippen molar-refractivity contribution in [1.82, 2.24) is 3.56 Å². The summed E-state index contributed by atoms with van der Waals surface area (Å²) in [6.45, 7) is 3.68. The van der Waals surface area contributed by atoms with E-state index in [9.17, 15) is 10.0 Å². The van der Waals surface area contributed by atoms with Crippen molar-refractivity contribution >= 4 is 30.6 Å². The molecular formula is C17H16N2O2Se. The average molecular weight is 359 g/mol. The first-order valence-electron chi connectivity index (χ1n) is 7.09. The van der Waals surface area contributed by atoms with Crippen molar-refractivity contribution < 1.29 is 4.74 Å². The van der Waals surface area contributed by atoms with E-state index < -0.39 is 0 Å². The standard InChI is InChI=1S/C17H16N2O2Se/c1-12(2)18(21)11-13-7-3-5-9-15(13)19-17(20)14-8-4-6-10-16(14)22-19/h3-12H,1-2H3. The van der Waals surface area contributed by atoms with Crippen molar-refractivity contribution in [3.63, 3.8) is 0 Å². The van der Waals surface area contributed by atoms with Crippen LogP contribution in [-0.4, -0.2) is 35.3 Å². The molecule has 0 fully saturated rings. The van der Waals surface area contributed by atoms with Crippen LogP contribution in [0.25, 0.3) is 15.3 Å². The zero-order chi connectivity index (χ0) is 15.7. The number of benzene rings is 2. The van der Waals surface area contributed by atoms with E-state index in [-0.39, 0.29) is 26.3 Å². The predicted molar refractivity (Wildman–Crippen MR) is 90.4 cm³/mol. The van der Waals surface area contributed by atoms with Crippen molar-refractivity contribution in [2.75, 3.05) is 0 Å². The molecule has 0 atom stereocenters. The number of hydrogen-bond acceptors (Lipinski definition) is 2. The summed E-state index contributed by atoms with van der Waals surface area (Å²) in [7, 11) is 0. The molecule has 0 radical (unpaired) electrons. The summed E-state index contributed by atoms with van der Waals surface area (Å²) < 4.78 is 3.79. The number of hydrogen-bond donors (Lipinski definition) is 0. The van der Waals surface area contributed by atoms with E-state index in [2.05, 4.69) is 0 Å². The maximum atomic E-state index is 12.6. The van der Waals surface area contributed by atoms with E-state index in [1.807, 2.05) is 62.4 Å². The first-order chi connectivity index (χ1) is 10.6. The van der Waals surface area contributed by atoms with Crippen molar-refractivity contribution in [3.05, 3.63) is 69.7 Å². The molecule has 22 heavy (non-hydrogen) atoms. The topological polar surface area (TPSA) is 48.1 Å². The van der Waals surface area contributed by atoms with E-state index in [4.69, 9.17) is 0 Å². The van der Waals surface area contributed by atoms with E-state index in [0.29, 0.717) is 0 Å². The van der Waals surface area contributed by atoms with Gasteiger partial charge >= 0.3 is 134 Å². The van der Waals surface area contributed by atoms with E-state index >= 15 is 0 Å². The molecule has 3 aromatic rings. The van der Waals surface area contributed by atoms with Gasteiger partial charge in [-0.2, -0.15) is 0 Å². The Morgan fingerprint density at radius 3 is 2.55 bits per heavy atom. The molecule has 0 saturated carbocycles. The van der Waals surface area contributed by atoms with Crippen molar-refractivity contribution in [2.24, 2.45) is 0 Å². The molecule has 0 bridgehead atoms. The minimum atomic E-state index is -0.134. The third kappa shape index (κ3) is 2.65. The first-order valence-corrected chi connectivity index (χ1v) is 8.71. The Hall–Kier alpha value is -2.10. The number of fused-ring (bicyclic) bond motifs is 1. The van der Waals surface area contributed by atoms with Crippen LogP contribution in [0.5, 0.6) is 0 Å². The van der Waals surface area contributed by atoms with Crippen LogP contribution in [0.15, 0.2) is 53.3 Å². The fourth-order valence-electron chi connectivity index (χ4n) is 2.20. The molecule has 0 unspecified atom stereocenters. The summed E-state index contributed by atoms with van der Waals surface area (Å²) in [4.78, 5) is 12.6. The normalized spacial score (nSPS) is 12.2. The Morgan fingerprint density at radius 2 is 1.82 bits per heavy atom. The molecule has 0 N–H and O–H groups in total. The van der Waals surface area contributed by atoms with Crippen LogP contribution in [-0.2, 0) is 0 Å². The zero-order valence-electron chi connectivity index (χ0n) is 12.4. The summed E-state index contributed by atoms with van der Waals surface area (Å²) in [6, 6.07) is 15.1. The summed E-state index contributed by atoms with van der Waals surface area (Å²) in [6.07, 6.45) is 1.56. The second kappa shape index (κ2) is 5.95. The molecule has 0 aliphatic heterocycles. The summed E-state index contributed by atoms with van der Waals surface area (Å²) in [5.41, 5.74) is 1.58. The van der Waals surface area contributed by atoms with Gasteiger partial charge in [0.2, 0.25) is 0 Å². The first kappa shape index (κ1) is 14.8. The van der Waals surface area contributed by atoms with Gasteiger partial charge in [-0.25, -0.2) is 0 Å². The summed E-state index contributed by atoms with van der Waals surface area (Å²) >= 11 is -0.0941. The maximum absolute atomic E-state index is 12.6. The zero-order valence-corrected chi connectivity index (χ0v) is 14.1. The van der Waals surface area contributed by atoms with Crippen LogP contribution in [0, 0.1) is 5.21 Å². The Labute approximate surface area is 134 Å². The van der Waals surface area contributed by atoms with Gasteiger partial charge in [-0.15, -0.1) is 0 Å². The number of aromatic nitrogens is 1. The van der Waals surface area contributed by atoms with Gasteiger partial charge in [0.05, 0.1) is 0 Å². The van der Waals surface area contributed by atoms with Crippen molar-refractivity contribution in [1.29, 1.82) is 0 Å². The van der Waals surface area contributed by atoms with Crippen LogP contribution in [0.4, 0.5) is 0 Å². The molecule has 2 aromatic carbocycles. The van der Waals surface area contributed by atoms with Gasteiger partial charge in [0.25, 0.3) is 0 Å². The molecule has 1 heterocycles. The molecule has 4 nitrogen and oxygen atoms in total. The number of nitrogens with zero attached hydrogens (tertiary/aromatic N) is 2. The number of rotatable bonds is 3. The van der Waals surface area contributed by atoms with Crippen molar-refractivity contribution in [2.45, 2.75) is 19.9 Å². The monoisotopic (exact) mass is 360 g/mol. The number of hydroxylamine groups is 1. The van der Waals surface area contributed by atoms with Gasteiger partial charge in [-0.1, -0.05) is 0 Å². The third-order valence-corrected chi connectivity index (χ3v) is 5.73. The Balaban J connectivity index is 2.22. The molecule has 5 heteroatoms. The van der Waals surface area contributed by atoms with Crippen LogP contribution in [0.3, 0.4) is 0 Å². The van der Waals surface area contributed by atoms with Crippen LogP contribution in [0.1, 0.15) is 19.4 Å². The van der Waals surface area contributed by atoms with Gasteiger partial charge in [0.15, 0.2) is 0 Å². The van der Waals surface area contributed by atoms with E-state index in [0.717, 1.165) is 25.6 Å². The molecular weight excluding hydrogens is 343 g/mol. The van der Waals surface area contributed by atoms with Crippen LogP contribution in [0.2, 0.25) is 0 Å². The molecule has 0 amide bonds. The van der Waals surface area contributed by atoms with Gasteiger partial charge in [-0.3, -0.25) is 0 Å².